The van der Waals surface area contributed by atoms with Gasteiger partial charge in [0.25, 0.3) is 0 Å². The molecule has 37 heavy (non-hydrogen) atoms. The van der Waals surface area contributed by atoms with Gasteiger partial charge >= 0.3 is 12.1 Å². The monoisotopic (exact) mass is 544 g/mol. The molecule has 0 radical (unpaired) electrons. The molecular formula is C21H22F3N7O5S. The van der Waals surface area contributed by atoms with E-state index in [9.17, 15) is 26.7 Å². The second-order valence-electron chi connectivity index (χ2n) is 8.87. The Morgan fingerprint density at radius 1 is 1.27 bits per heavy atom. The summed E-state index contributed by atoms with van der Waals surface area (Å²) in [5, 5.41) is 24.5. The van der Waals surface area contributed by atoms with Crippen LogP contribution in [0.25, 0.3) is 17.1 Å². The number of carboxylic acids is 1. The highest BCUT2D eigenvalue weighted by Crippen LogP contribution is 2.67. The topological polar surface area (TPSA) is 186 Å². The highest BCUT2D eigenvalue weighted by molar-refractivity contribution is 7.89. The summed E-state index contributed by atoms with van der Waals surface area (Å²) in [4.78, 5) is 18.4. The summed E-state index contributed by atoms with van der Waals surface area (Å²) in [6, 6.07) is 3.80. The third kappa shape index (κ3) is 5.12. The fourth-order valence-electron chi connectivity index (χ4n) is 4.51. The van der Waals surface area contributed by atoms with Gasteiger partial charge in [-0.3, -0.25) is 0 Å². The number of aliphatic hydroxyl groups excluding tert-OH is 1. The first-order valence-corrected chi connectivity index (χ1v) is 12.0. The molecule has 12 nitrogen and oxygen atoms in total. The quantitative estimate of drug-likeness (QED) is 0.354. The van der Waals surface area contributed by atoms with Gasteiger partial charge in [-0.25, -0.2) is 27.9 Å². The molecule has 5 N–H and O–H groups in total. The summed E-state index contributed by atoms with van der Waals surface area (Å²) in [5.41, 5.74) is 5.29. The molecule has 0 spiro atoms. The Balaban J connectivity index is 0.000000470. The number of halogens is 3. The number of anilines is 1. The van der Waals surface area contributed by atoms with E-state index in [0.717, 1.165) is 4.80 Å². The van der Waals surface area contributed by atoms with Crippen molar-refractivity contribution in [2.75, 3.05) is 12.3 Å². The normalized spacial score (nSPS) is 23.8. The van der Waals surface area contributed by atoms with Gasteiger partial charge in [-0.1, -0.05) is 6.07 Å². The molecule has 0 amide bonds. The lowest BCUT2D eigenvalue weighted by Crippen LogP contribution is -2.75. The van der Waals surface area contributed by atoms with Crippen LogP contribution in [0.5, 0.6) is 0 Å². The molecule has 3 fully saturated rings. The Labute approximate surface area is 212 Å². The number of aromatic nitrogens is 5. The van der Waals surface area contributed by atoms with E-state index in [0.29, 0.717) is 19.3 Å². The number of aliphatic carboxylic acids is 1. The lowest BCUT2D eigenvalue weighted by molar-refractivity contribution is -0.192. The van der Waals surface area contributed by atoms with Crippen molar-refractivity contribution in [2.45, 2.75) is 42.7 Å². The van der Waals surface area contributed by atoms with Crippen molar-refractivity contribution in [3.63, 3.8) is 0 Å². The first kappa shape index (κ1) is 22.6. The van der Waals surface area contributed by atoms with Crippen LogP contribution in [-0.2, 0) is 14.8 Å². The molecule has 0 unspecified atom stereocenters. The summed E-state index contributed by atoms with van der Waals surface area (Å²) in [5.74, 6) is -2.65. The van der Waals surface area contributed by atoms with Crippen LogP contribution in [0.3, 0.4) is 0 Å². The number of alkyl halides is 3. The zero-order valence-electron chi connectivity index (χ0n) is 21.8. The number of nitrogen functional groups attached to an aromatic ring is 1. The van der Waals surface area contributed by atoms with E-state index in [4.69, 9.17) is 19.7 Å². The number of aliphatic hydroxyl groups is 1. The van der Waals surface area contributed by atoms with Gasteiger partial charge in [0, 0.05) is 21.8 Å². The van der Waals surface area contributed by atoms with Gasteiger partial charge in [-0.05, 0) is 49.2 Å². The molecule has 3 aliphatic rings. The largest absolute Gasteiger partial charge is 0.490 e. The summed E-state index contributed by atoms with van der Waals surface area (Å²) in [6.07, 6.45) is 0.792. The average Bonchev–Trinajstić information content (AvgIpc) is 3.34. The summed E-state index contributed by atoms with van der Waals surface area (Å²) < 4.78 is 84.4. The fourth-order valence-corrected chi connectivity index (χ4v) is 5.94. The maximum absolute atomic E-state index is 13.1. The van der Waals surface area contributed by atoms with Crippen molar-refractivity contribution < 1.29 is 40.7 Å². The third-order valence-electron chi connectivity index (χ3n) is 6.04. The number of carbonyl (C=O) groups is 1. The SMILES string of the molecule is O=C(O)C(F)(F)F.[2H]C([2H])([2H])c1ccc(S(=O)(=O)NC23CC(CO)(C2)C3)cc1-c1cnc(N)c(-n2nccn2)n1. The Bertz CT molecular complexity index is 1530. The molecule has 1 aromatic carbocycles. The maximum Gasteiger partial charge on any atom is 0.490 e. The lowest BCUT2D eigenvalue weighted by Gasteiger charge is -2.69. The molecule has 6 rings (SSSR count). The highest BCUT2D eigenvalue weighted by atomic mass is 32.2. The number of sulfonamides is 1. The zero-order chi connectivity index (χ0) is 29.7. The number of nitrogens with zero attached hydrogens (tertiary/aromatic N) is 5. The third-order valence-corrected chi connectivity index (χ3v) is 7.61. The van der Waals surface area contributed by atoms with Crippen LogP contribution in [0.2, 0.25) is 0 Å². The van der Waals surface area contributed by atoms with E-state index in [-0.39, 0.29) is 45.4 Å². The van der Waals surface area contributed by atoms with E-state index in [2.05, 4.69) is 24.9 Å². The molecule has 0 saturated heterocycles. The summed E-state index contributed by atoms with van der Waals surface area (Å²) in [7, 11) is -3.95. The second kappa shape index (κ2) is 9.04. The van der Waals surface area contributed by atoms with Gasteiger partial charge in [0.2, 0.25) is 15.8 Å². The number of hydrogen-bond donors (Lipinski definition) is 4. The first-order valence-electron chi connectivity index (χ1n) is 12.0. The smallest absolute Gasteiger partial charge is 0.475 e. The van der Waals surface area contributed by atoms with Crippen LogP contribution in [0.1, 0.15) is 28.9 Å². The minimum absolute atomic E-state index is 0.0252. The summed E-state index contributed by atoms with van der Waals surface area (Å²) >= 11 is 0. The molecule has 3 saturated carbocycles. The molecule has 3 aromatic rings. The van der Waals surface area contributed by atoms with E-state index in [1.165, 1.54) is 36.8 Å². The Hall–Kier alpha value is -3.63. The maximum atomic E-state index is 13.1. The minimum Gasteiger partial charge on any atom is -0.475 e. The van der Waals surface area contributed by atoms with Crippen LogP contribution < -0.4 is 10.5 Å². The number of hydrogen-bond acceptors (Lipinski definition) is 9. The molecule has 2 aromatic heterocycles. The van der Waals surface area contributed by atoms with E-state index < -0.39 is 34.6 Å². The summed E-state index contributed by atoms with van der Waals surface area (Å²) in [6.45, 7) is -2.49. The van der Waals surface area contributed by atoms with Gasteiger partial charge in [0.15, 0.2) is 5.82 Å². The molecule has 2 bridgehead atoms. The standard InChI is InChI=1S/C19H21N7O3S.C2HF3O2/c1-12-2-3-13(30(28,29)25-19-8-18(9-19,10-19)11-27)6-14(12)15-7-21-16(20)17(24-15)26-22-4-5-23-26;3-2(4,5)1(6)7/h2-7,25,27H,8-11H2,1H3,(H2,20,21);(H,6,7)/i1D3;. The first-order chi connectivity index (χ1) is 18.4. The number of nitrogens with two attached hydrogens (primary N) is 1. The predicted molar refractivity (Wildman–Crippen MR) is 122 cm³/mol. The highest BCUT2D eigenvalue weighted by Gasteiger charge is 2.68. The van der Waals surface area contributed by atoms with Crippen LogP contribution in [-0.4, -0.2) is 67.9 Å². The van der Waals surface area contributed by atoms with Crippen LogP contribution in [0.4, 0.5) is 19.0 Å². The molecule has 198 valence electrons. The molecule has 2 heterocycles. The average molecular weight is 545 g/mol. The number of benzene rings is 1. The molecule has 3 aliphatic carbocycles. The van der Waals surface area contributed by atoms with Crippen LogP contribution in [0.15, 0.2) is 41.7 Å². The van der Waals surface area contributed by atoms with Crippen molar-refractivity contribution in [1.82, 2.24) is 29.7 Å². The van der Waals surface area contributed by atoms with Gasteiger partial charge in [-0.2, -0.15) is 23.4 Å². The van der Waals surface area contributed by atoms with E-state index in [1.807, 2.05) is 0 Å². The van der Waals surface area contributed by atoms with Crippen molar-refractivity contribution in [2.24, 2.45) is 5.41 Å². The van der Waals surface area contributed by atoms with E-state index >= 15 is 0 Å². The zero-order valence-corrected chi connectivity index (χ0v) is 19.6. The van der Waals surface area contributed by atoms with Gasteiger partial charge < -0.3 is 15.9 Å². The fraction of sp³-hybridized carbons (Fsp3) is 0.381. The molecule has 0 atom stereocenters. The molecular weight excluding hydrogens is 519 g/mol. The number of aryl methyl sites for hydroxylation is 1. The van der Waals surface area contributed by atoms with Crippen LogP contribution >= 0.6 is 0 Å². The van der Waals surface area contributed by atoms with Crippen LogP contribution in [0, 0.1) is 12.3 Å². The van der Waals surface area contributed by atoms with Gasteiger partial charge in [0.1, 0.15) is 0 Å². The lowest BCUT2D eigenvalue weighted by atomic mass is 9.40. The molecule has 16 heteroatoms. The van der Waals surface area contributed by atoms with Crippen molar-refractivity contribution in [3.8, 4) is 17.1 Å². The van der Waals surface area contributed by atoms with Crippen molar-refractivity contribution in [1.29, 1.82) is 0 Å². The van der Waals surface area contributed by atoms with Crippen molar-refractivity contribution in [3.05, 3.63) is 42.4 Å². The van der Waals surface area contributed by atoms with E-state index in [1.54, 1.807) is 0 Å². The number of carboxylic acid groups (broad SMARTS) is 1. The Kier molecular flexibility index (Phi) is 5.51. The van der Waals surface area contributed by atoms with Gasteiger partial charge in [0.05, 0.1) is 29.2 Å². The second-order valence-corrected chi connectivity index (χ2v) is 10.5. The number of rotatable bonds is 6. The Morgan fingerprint density at radius 2 is 1.89 bits per heavy atom. The number of nitrogens with one attached hydrogen (secondary N) is 1. The Morgan fingerprint density at radius 3 is 2.43 bits per heavy atom. The minimum atomic E-state index is -5.08. The van der Waals surface area contributed by atoms with Gasteiger partial charge in [-0.15, -0.1) is 4.80 Å². The molecule has 0 aliphatic heterocycles. The van der Waals surface area contributed by atoms with Crippen molar-refractivity contribution >= 4 is 21.8 Å². The predicted octanol–water partition coefficient (Wildman–Crippen LogP) is 1.44.